The molecule has 0 unspecified atom stereocenters. The number of aliphatic hydroxyl groups is 1. The van der Waals surface area contributed by atoms with Gasteiger partial charge in [0.15, 0.2) is 5.82 Å². The number of imidazole rings is 1. The number of nitrogens with zero attached hydrogens (tertiary/aromatic N) is 3. The van der Waals surface area contributed by atoms with E-state index in [2.05, 4.69) is 27.8 Å². The first-order valence-corrected chi connectivity index (χ1v) is 9.71. The molecule has 3 heterocycles. The van der Waals surface area contributed by atoms with E-state index in [1.165, 1.54) is 4.88 Å². The Labute approximate surface area is 158 Å². The van der Waals surface area contributed by atoms with Gasteiger partial charge in [-0.15, -0.1) is 11.3 Å². The van der Waals surface area contributed by atoms with E-state index in [1.54, 1.807) is 35.9 Å². The number of hydrogen-bond donors (Lipinski definition) is 1. The molecule has 2 aromatic heterocycles. The number of aromatic nitrogens is 2. The first-order valence-electron chi connectivity index (χ1n) is 8.90. The summed E-state index contributed by atoms with van der Waals surface area (Å²) in [4.78, 5) is 21.4. The summed E-state index contributed by atoms with van der Waals surface area (Å²) in [6.07, 6.45) is 5.44. The van der Waals surface area contributed by atoms with Crippen LogP contribution in [0.2, 0.25) is 0 Å². The molecule has 0 radical (unpaired) electrons. The van der Waals surface area contributed by atoms with Crippen LogP contribution in [-0.4, -0.2) is 44.0 Å². The first-order chi connectivity index (χ1) is 12.3. The van der Waals surface area contributed by atoms with Crippen LogP contribution in [0.3, 0.4) is 0 Å². The van der Waals surface area contributed by atoms with Gasteiger partial charge >= 0.3 is 0 Å². The highest BCUT2D eigenvalue weighted by Gasteiger charge is 2.28. The lowest BCUT2D eigenvalue weighted by Gasteiger charge is -2.31. The molecule has 0 aliphatic carbocycles. The molecule has 1 saturated heterocycles. The van der Waals surface area contributed by atoms with Gasteiger partial charge in [0.25, 0.3) is 0 Å². The molecular weight excluding hydrogens is 346 g/mol. The van der Waals surface area contributed by atoms with Crippen molar-refractivity contribution in [2.45, 2.75) is 38.8 Å². The van der Waals surface area contributed by atoms with Crippen LogP contribution >= 0.6 is 11.3 Å². The van der Waals surface area contributed by atoms with E-state index in [4.69, 9.17) is 0 Å². The number of hydrogen-bond acceptors (Lipinski definition) is 5. The molecule has 1 aliphatic rings. The third-order valence-electron chi connectivity index (χ3n) is 4.45. The molecule has 0 aromatic carbocycles. The number of Topliss-reactive ketones (excluding diaryl/α,β-unsaturated/α-hetero) is 1. The molecule has 0 amide bonds. The summed E-state index contributed by atoms with van der Waals surface area (Å²) in [6.45, 7) is 5.97. The molecule has 0 spiro atoms. The number of rotatable bonds is 4. The summed E-state index contributed by atoms with van der Waals surface area (Å²) in [5.41, 5.74) is -0.977. The topological polar surface area (TPSA) is 58.4 Å². The SMILES string of the molecule is Cn1ccnc1C(=O)[C@H]1CCCN(Cc2ccc(C#CC(C)(C)O)s2)C1. The maximum Gasteiger partial charge on any atom is 0.202 e. The summed E-state index contributed by atoms with van der Waals surface area (Å²) in [5.74, 6) is 6.59. The van der Waals surface area contributed by atoms with Crippen molar-refractivity contribution < 1.29 is 9.90 Å². The average Bonchev–Trinajstić information content (AvgIpc) is 3.21. The fourth-order valence-electron chi connectivity index (χ4n) is 3.16. The van der Waals surface area contributed by atoms with E-state index < -0.39 is 5.60 Å². The van der Waals surface area contributed by atoms with E-state index >= 15 is 0 Å². The minimum absolute atomic E-state index is 0.0132. The minimum atomic E-state index is -0.977. The molecule has 0 saturated carbocycles. The van der Waals surface area contributed by atoms with Crippen molar-refractivity contribution in [1.29, 1.82) is 0 Å². The Morgan fingerprint density at radius 3 is 2.96 bits per heavy atom. The molecule has 1 N–H and O–H groups in total. The summed E-state index contributed by atoms with van der Waals surface area (Å²) in [5, 5.41) is 9.71. The Hall–Kier alpha value is -1.94. The Balaban J connectivity index is 1.62. The molecule has 3 rings (SSSR count). The molecule has 0 bridgehead atoms. The number of likely N-dealkylation sites (tertiary alicyclic amines) is 1. The van der Waals surface area contributed by atoms with Gasteiger partial charge in [-0.3, -0.25) is 9.69 Å². The smallest absolute Gasteiger partial charge is 0.202 e. The second-order valence-electron chi connectivity index (χ2n) is 7.38. The summed E-state index contributed by atoms with van der Waals surface area (Å²) in [6, 6.07) is 4.09. The van der Waals surface area contributed by atoms with Crippen molar-refractivity contribution in [3.63, 3.8) is 0 Å². The standard InChI is InChI=1S/C20H25N3O2S/c1-20(2,25)9-8-16-6-7-17(26-16)14-23-11-4-5-15(13-23)18(24)19-21-10-12-22(19)3/h6-7,10,12,15,25H,4-5,11,13-14H2,1-3H3/t15-/m0/s1. The van der Waals surface area contributed by atoms with Gasteiger partial charge in [-0.1, -0.05) is 11.8 Å². The molecular formula is C20H25N3O2S. The fraction of sp³-hybridized carbons (Fsp3) is 0.500. The number of thiophene rings is 1. The van der Waals surface area contributed by atoms with Crippen molar-refractivity contribution in [1.82, 2.24) is 14.5 Å². The number of ketones is 1. The van der Waals surface area contributed by atoms with Gasteiger partial charge in [-0.05, 0) is 45.4 Å². The van der Waals surface area contributed by atoms with Crippen molar-refractivity contribution in [3.05, 3.63) is 40.1 Å². The number of aryl methyl sites for hydroxylation is 1. The maximum absolute atomic E-state index is 12.7. The number of piperidine rings is 1. The van der Waals surface area contributed by atoms with Crippen LogP contribution in [0.4, 0.5) is 0 Å². The molecule has 26 heavy (non-hydrogen) atoms. The largest absolute Gasteiger partial charge is 0.378 e. The molecule has 1 fully saturated rings. The third-order valence-corrected chi connectivity index (χ3v) is 5.44. The second-order valence-corrected chi connectivity index (χ2v) is 8.54. The maximum atomic E-state index is 12.7. The lowest BCUT2D eigenvalue weighted by molar-refractivity contribution is 0.0798. The van der Waals surface area contributed by atoms with Crippen LogP contribution in [0.25, 0.3) is 0 Å². The third kappa shape index (κ3) is 4.82. The predicted molar refractivity (Wildman–Crippen MR) is 103 cm³/mol. The van der Waals surface area contributed by atoms with Crippen LogP contribution in [-0.2, 0) is 13.6 Å². The van der Waals surface area contributed by atoms with Gasteiger partial charge < -0.3 is 9.67 Å². The minimum Gasteiger partial charge on any atom is -0.378 e. The number of carbonyl (C=O) groups excluding carboxylic acids is 1. The zero-order valence-corrected chi connectivity index (χ0v) is 16.3. The van der Waals surface area contributed by atoms with Crippen LogP contribution in [0, 0.1) is 17.8 Å². The molecule has 2 aromatic rings. The normalized spacial score (nSPS) is 18.4. The molecule has 6 heteroatoms. The monoisotopic (exact) mass is 371 g/mol. The fourth-order valence-corrected chi connectivity index (χ4v) is 4.07. The highest BCUT2D eigenvalue weighted by atomic mass is 32.1. The van der Waals surface area contributed by atoms with Gasteiger partial charge in [0.2, 0.25) is 5.78 Å². The number of carbonyl (C=O) groups is 1. The Morgan fingerprint density at radius 1 is 1.46 bits per heavy atom. The van der Waals surface area contributed by atoms with Gasteiger partial charge in [0.1, 0.15) is 5.60 Å². The second kappa shape index (κ2) is 7.75. The van der Waals surface area contributed by atoms with Gasteiger partial charge in [-0.25, -0.2) is 4.98 Å². The van der Waals surface area contributed by atoms with E-state index in [9.17, 15) is 9.90 Å². The Bertz CT molecular complexity index is 835. The lowest BCUT2D eigenvalue weighted by atomic mass is 9.93. The highest BCUT2D eigenvalue weighted by molar-refractivity contribution is 7.12. The van der Waals surface area contributed by atoms with E-state index in [-0.39, 0.29) is 11.7 Å². The Kier molecular flexibility index (Phi) is 5.61. The van der Waals surface area contributed by atoms with Gasteiger partial charge in [0, 0.05) is 43.3 Å². The van der Waals surface area contributed by atoms with E-state index in [0.717, 1.165) is 37.4 Å². The van der Waals surface area contributed by atoms with Gasteiger partial charge in [-0.2, -0.15) is 0 Å². The lowest BCUT2D eigenvalue weighted by Crippen LogP contribution is -2.38. The van der Waals surface area contributed by atoms with Crippen molar-refractivity contribution in [3.8, 4) is 11.8 Å². The van der Waals surface area contributed by atoms with E-state index in [1.807, 2.05) is 19.3 Å². The van der Waals surface area contributed by atoms with Gasteiger partial charge in [0.05, 0.1) is 4.88 Å². The zero-order chi connectivity index (χ0) is 18.7. The molecule has 1 atom stereocenters. The quantitative estimate of drug-likeness (QED) is 0.663. The molecule has 1 aliphatic heterocycles. The van der Waals surface area contributed by atoms with Crippen molar-refractivity contribution in [2.75, 3.05) is 13.1 Å². The average molecular weight is 372 g/mol. The summed E-state index contributed by atoms with van der Waals surface area (Å²) in [7, 11) is 1.86. The zero-order valence-electron chi connectivity index (χ0n) is 15.5. The van der Waals surface area contributed by atoms with E-state index in [0.29, 0.717) is 5.82 Å². The summed E-state index contributed by atoms with van der Waals surface area (Å²) < 4.78 is 1.80. The summed E-state index contributed by atoms with van der Waals surface area (Å²) >= 11 is 1.65. The van der Waals surface area contributed by atoms with Crippen LogP contribution in [0.15, 0.2) is 24.5 Å². The molecule has 138 valence electrons. The predicted octanol–water partition coefficient (Wildman–Crippen LogP) is 2.70. The highest BCUT2D eigenvalue weighted by Crippen LogP contribution is 2.24. The van der Waals surface area contributed by atoms with Crippen molar-refractivity contribution >= 4 is 17.1 Å². The van der Waals surface area contributed by atoms with Crippen LogP contribution < -0.4 is 0 Å². The van der Waals surface area contributed by atoms with Crippen LogP contribution in [0.5, 0.6) is 0 Å². The first kappa shape index (κ1) is 18.8. The van der Waals surface area contributed by atoms with Crippen molar-refractivity contribution in [2.24, 2.45) is 13.0 Å². The Morgan fingerprint density at radius 2 is 2.27 bits per heavy atom. The molecule has 5 nitrogen and oxygen atoms in total. The van der Waals surface area contributed by atoms with Crippen LogP contribution in [0.1, 0.15) is 47.1 Å².